The zero-order chi connectivity index (χ0) is 22.1. The number of nitrogens with one attached hydrogen (secondary N) is 1. The summed E-state index contributed by atoms with van der Waals surface area (Å²) in [5.41, 5.74) is 9.75. The molecule has 1 amide bonds. The highest BCUT2D eigenvalue weighted by molar-refractivity contribution is 5.94. The highest BCUT2D eigenvalue weighted by Crippen LogP contribution is 2.40. The molecular formula is C23H23N5O3. The molecule has 3 aromatic rings. The van der Waals surface area contributed by atoms with Crippen LogP contribution in [0.4, 0.5) is 17.2 Å². The van der Waals surface area contributed by atoms with Crippen molar-refractivity contribution in [3.8, 4) is 11.3 Å². The minimum absolute atomic E-state index is 0.00936. The van der Waals surface area contributed by atoms with Crippen LogP contribution in [0.25, 0.3) is 11.3 Å². The maximum atomic E-state index is 12.3. The van der Waals surface area contributed by atoms with Crippen LogP contribution in [-0.2, 0) is 4.79 Å². The summed E-state index contributed by atoms with van der Waals surface area (Å²) in [4.78, 5) is 33.9. The number of aromatic nitrogens is 2. The van der Waals surface area contributed by atoms with Crippen molar-refractivity contribution in [2.24, 2.45) is 0 Å². The average molecular weight is 417 g/mol. The lowest BCUT2D eigenvalue weighted by atomic mass is 9.89. The molecule has 0 saturated heterocycles. The van der Waals surface area contributed by atoms with Crippen molar-refractivity contribution in [1.82, 2.24) is 9.97 Å². The molecule has 3 heterocycles. The SMILES string of the molecule is CC(=O)N1c2ccc(-c3ccc(C(=O)O)cn3)cc2C(Nc2ccc(N)cn2)CC1C. The first kappa shape index (κ1) is 20.3. The number of amides is 1. The molecule has 8 nitrogen and oxygen atoms in total. The Balaban J connectivity index is 1.75. The van der Waals surface area contributed by atoms with Gasteiger partial charge < -0.3 is 21.1 Å². The molecule has 1 aliphatic heterocycles. The zero-order valence-electron chi connectivity index (χ0n) is 17.2. The fourth-order valence-corrected chi connectivity index (χ4v) is 4.00. The number of aromatic carboxylic acids is 1. The van der Waals surface area contributed by atoms with Gasteiger partial charge in [-0.2, -0.15) is 0 Å². The number of carbonyl (C=O) groups is 2. The van der Waals surface area contributed by atoms with Gasteiger partial charge >= 0.3 is 5.97 Å². The molecule has 31 heavy (non-hydrogen) atoms. The molecule has 1 aliphatic rings. The van der Waals surface area contributed by atoms with Crippen molar-refractivity contribution in [3.63, 3.8) is 0 Å². The van der Waals surface area contributed by atoms with Gasteiger partial charge in [-0.3, -0.25) is 9.78 Å². The molecule has 2 unspecified atom stereocenters. The van der Waals surface area contributed by atoms with E-state index in [1.165, 1.54) is 12.3 Å². The van der Waals surface area contributed by atoms with E-state index in [9.17, 15) is 9.59 Å². The van der Waals surface area contributed by atoms with Crippen LogP contribution >= 0.6 is 0 Å². The Hall–Kier alpha value is -3.94. The number of nitrogen functional groups attached to an aromatic ring is 1. The van der Waals surface area contributed by atoms with E-state index in [1.54, 1.807) is 30.2 Å². The summed E-state index contributed by atoms with van der Waals surface area (Å²) in [5.74, 6) is -0.340. The number of hydrogen-bond donors (Lipinski definition) is 3. The zero-order valence-corrected chi connectivity index (χ0v) is 17.2. The van der Waals surface area contributed by atoms with Crippen molar-refractivity contribution in [2.75, 3.05) is 16.0 Å². The second kappa shape index (κ2) is 8.06. The normalized spacial score (nSPS) is 17.7. The fraction of sp³-hybridized carbons (Fsp3) is 0.217. The highest BCUT2D eigenvalue weighted by Gasteiger charge is 2.32. The van der Waals surface area contributed by atoms with Crippen molar-refractivity contribution in [1.29, 1.82) is 0 Å². The number of hydrogen-bond acceptors (Lipinski definition) is 6. The Labute approximate surface area is 179 Å². The number of nitrogens with two attached hydrogens (primary N) is 1. The molecule has 2 aromatic heterocycles. The van der Waals surface area contributed by atoms with E-state index in [1.807, 2.05) is 31.2 Å². The first-order valence-electron chi connectivity index (χ1n) is 9.95. The van der Waals surface area contributed by atoms with E-state index in [2.05, 4.69) is 15.3 Å². The van der Waals surface area contributed by atoms with Gasteiger partial charge in [0, 0.05) is 30.4 Å². The summed E-state index contributed by atoms with van der Waals surface area (Å²) in [5, 5.41) is 12.6. The van der Waals surface area contributed by atoms with Gasteiger partial charge in [0.25, 0.3) is 0 Å². The van der Waals surface area contributed by atoms with Crippen molar-refractivity contribution < 1.29 is 14.7 Å². The number of benzene rings is 1. The second-order valence-electron chi connectivity index (χ2n) is 7.66. The van der Waals surface area contributed by atoms with Crippen molar-refractivity contribution in [2.45, 2.75) is 32.4 Å². The second-order valence-corrected chi connectivity index (χ2v) is 7.66. The molecule has 0 fully saturated rings. The van der Waals surface area contributed by atoms with Gasteiger partial charge in [0.05, 0.1) is 29.2 Å². The largest absolute Gasteiger partial charge is 0.478 e. The molecule has 4 rings (SSSR count). The number of carbonyl (C=O) groups excluding carboxylic acids is 1. The maximum Gasteiger partial charge on any atom is 0.337 e. The molecule has 0 radical (unpaired) electrons. The molecule has 158 valence electrons. The Bertz CT molecular complexity index is 1130. The summed E-state index contributed by atoms with van der Waals surface area (Å²) >= 11 is 0. The van der Waals surface area contributed by atoms with Gasteiger partial charge in [0.1, 0.15) is 5.82 Å². The molecule has 0 saturated carbocycles. The molecule has 0 spiro atoms. The Morgan fingerprint density at radius 1 is 1.13 bits per heavy atom. The van der Waals surface area contributed by atoms with Crippen LogP contribution in [0.3, 0.4) is 0 Å². The summed E-state index contributed by atoms with van der Waals surface area (Å²) in [6.45, 7) is 3.59. The third-order valence-corrected chi connectivity index (χ3v) is 5.43. The van der Waals surface area contributed by atoms with Crippen LogP contribution < -0.4 is 16.0 Å². The first-order chi connectivity index (χ1) is 14.8. The molecule has 0 aliphatic carbocycles. The standard InChI is InChI=1S/C23H23N5O3/c1-13-9-20(27-22-8-5-17(24)12-26-22)18-10-15(4-7-21(18)28(13)14(2)29)19-6-3-16(11-25-19)23(30)31/h3-8,10-13,20H,9,24H2,1-2H3,(H,26,27)(H,30,31). The topological polar surface area (TPSA) is 121 Å². The number of carboxylic acid groups (broad SMARTS) is 1. The summed E-state index contributed by atoms with van der Waals surface area (Å²) in [6, 6.07) is 12.6. The van der Waals surface area contributed by atoms with E-state index in [-0.39, 0.29) is 23.6 Å². The Morgan fingerprint density at radius 2 is 1.94 bits per heavy atom. The lowest BCUT2D eigenvalue weighted by Crippen LogP contribution is -2.43. The molecule has 2 atom stereocenters. The summed E-state index contributed by atoms with van der Waals surface area (Å²) in [7, 11) is 0. The van der Waals surface area contributed by atoms with E-state index in [4.69, 9.17) is 10.8 Å². The first-order valence-corrected chi connectivity index (χ1v) is 9.95. The van der Waals surface area contributed by atoms with Gasteiger partial charge in [0.2, 0.25) is 5.91 Å². The predicted molar refractivity (Wildman–Crippen MR) is 119 cm³/mol. The average Bonchev–Trinajstić information content (AvgIpc) is 2.75. The van der Waals surface area contributed by atoms with Gasteiger partial charge in [-0.25, -0.2) is 9.78 Å². The number of anilines is 3. The van der Waals surface area contributed by atoms with Gasteiger partial charge in [0.15, 0.2) is 0 Å². The quantitative estimate of drug-likeness (QED) is 0.591. The molecule has 1 aromatic carbocycles. The van der Waals surface area contributed by atoms with Gasteiger partial charge in [-0.1, -0.05) is 6.07 Å². The van der Waals surface area contributed by atoms with Crippen LogP contribution in [0.15, 0.2) is 54.9 Å². The summed E-state index contributed by atoms with van der Waals surface area (Å²) in [6.07, 6.45) is 3.64. The third-order valence-electron chi connectivity index (χ3n) is 5.43. The number of carboxylic acids is 1. The van der Waals surface area contributed by atoms with Crippen LogP contribution in [-0.4, -0.2) is 33.0 Å². The third kappa shape index (κ3) is 4.05. The molecule has 4 N–H and O–H groups in total. The van der Waals surface area contributed by atoms with Crippen LogP contribution in [0.1, 0.15) is 42.2 Å². The van der Waals surface area contributed by atoms with Gasteiger partial charge in [-0.05, 0) is 55.3 Å². The molecule has 0 bridgehead atoms. The van der Waals surface area contributed by atoms with Crippen LogP contribution in [0, 0.1) is 0 Å². The monoisotopic (exact) mass is 417 g/mol. The summed E-state index contributed by atoms with van der Waals surface area (Å²) < 4.78 is 0. The van der Waals surface area contributed by atoms with Crippen molar-refractivity contribution in [3.05, 3.63) is 66.0 Å². The van der Waals surface area contributed by atoms with E-state index < -0.39 is 5.97 Å². The fourth-order valence-electron chi connectivity index (χ4n) is 4.00. The number of fused-ring (bicyclic) bond motifs is 1. The maximum absolute atomic E-state index is 12.3. The number of nitrogens with zero attached hydrogens (tertiary/aromatic N) is 3. The van der Waals surface area contributed by atoms with Crippen LogP contribution in [0.2, 0.25) is 0 Å². The highest BCUT2D eigenvalue weighted by atomic mass is 16.4. The van der Waals surface area contributed by atoms with Crippen molar-refractivity contribution >= 4 is 29.1 Å². The number of rotatable bonds is 4. The van der Waals surface area contributed by atoms with Gasteiger partial charge in [-0.15, -0.1) is 0 Å². The lowest BCUT2D eigenvalue weighted by molar-refractivity contribution is -0.117. The van der Waals surface area contributed by atoms with Crippen LogP contribution in [0.5, 0.6) is 0 Å². The predicted octanol–water partition coefficient (Wildman–Crippen LogP) is 3.72. The van der Waals surface area contributed by atoms with E-state index >= 15 is 0 Å². The van der Waals surface area contributed by atoms with E-state index in [0.29, 0.717) is 23.6 Å². The Kier molecular flexibility index (Phi) is 5.29. The lowest BCUT2D eigenvalue weighted by Gasteiger charge is -2.39. The Morgan fingerprint density at radius 3 is 2.55 bits per heavy atom. The molecule has 8 heteroatoms. The minimum atomic E-state index is -1.02. The smallest absolute Gasteiger partial charge is 0.337 e. The minimum Gasteiger partial charge on any atom is -0.478 e. The molecular weight excluding hydrogens is 394 g/mol. The van der Waals surface area contributed by atoms with E-state index in [0.717, 1.165) is 16.8 Å². The number of pyridine rings is 2.